The van der Waals surface area contributed by atoms with Crippen LogP contribution in [0.2, 0.25) is 0 Å². The lowest BCUT2D eigenvalue weighted by molar-refractivity contribution is -0.131. The standard InChI is InChI=1S/C17H25N5OS.3ClH/c23-17(22-9-10-24-13-22)16-11-15(12-19-16)21-7-5-20(6-8-21)14-1-3-18-4-2-14;;;/h1-4,15-16,19H,5-13H2;3*1H/t15-,16-;;;/m0.../s1. The van der Waals surface area contributed by atoms with E-state index in [1.165, 1.54) is 5.69 Å². The molecular weight excluding hydrogens is 429 g/mol. The lowest BCUT2D eigenvalue weighted by Crippen LogP contribution is -2.51. The van der Waals surface area contributed by atoms with Crippen molar-refractivity contribution in [3.8, 4) is 0 Å². The third kappa shape index (κ3) is 5.78. The van der Waals surface area contributed by atoms with Gasteiger partial charge >= 0.3 is 0 Å². The summed E-state index contributed by atoms with van der Waals surface area (Å²) in [6.45, 7) is 6.07. The number of halogens is 3. The Bertz CT molecular complexity index is 571. The number of carbonyl (C=O) groups is 1. The maximum atomic E-state index is 12.5. The lowest BCUT2D eigenvalue weighted by atomic mass is 10.1. The van der Waals surface area contributed by atoms with E-state index in [0.29, 0.717) is 11.9 Å². The molecule has 1 aromatic rings. The third-order valence-electron chi connectivity index (χ3n) is 5.33. The predicted molar refractivity (Wildman–Crippen MR) is 119 cm³/mol. The van der Waals surface area contributed by atoms with Crippen LogP contribution >= 0.6 is 49.0 Å². The summed E-state index contributed by atoms with van der Waals surface area (Å²) in [6, 6.07) is 4.67. The highest BCUT2D eigenvalue weighted by molar-refractivity contribution is 7.99. The van der Waals surface area contributed by atoms with Crippen LogP contribution in [0.5, 0.6) is 0 Å². The highest BCUT2D eigenvalue weighted by atomic mass is 35.5. The van der Waals surface area contributed by atoms with Crippen LogP contribution in [0.25, 0.3) is 0 Å². The molecule has 3 aliphatic heterocycles. The van der Waals surface area contributed by atoms with Gasteiger partial charge in [0.25, 0.3) is 0 Å². The first kappa shape index (κ1) is 24.6. The van der Waals surface area contributed by atoms with E-state index in [-0.39, 0.29) is 43.3 Å². The van der Waals surface area contributed by atoms with E-state index in [1.807, 2.05) is 29.1 Å². The fourth-order valence-electron chi connectivity index (χ4n) is 3.89. The first-order chi connectivity index (χ1) is 11.8. The largest absolute Gasteiger partial charge is 0.369 e. The molecule has 0 saturated carbocycles. The average molecular weight is 457 g/mol. The van der Waals surface area contributed by atoms with Gasteiger partial charge in [-0.15, -0.1) is 49.0 Å². The number of nitrogens with one attached hydrogen (secondary N) is 1. The van der Waals surface area contributed by atoms with Crippen LogP contribution < -0.4 is 10.2 Å². The minimum Gasteiger partial charge on any atom is -0.369 e. The van der Waals surface area contributed by atoms with Gasteiger partial charge in [0, 0.05) is 69.1 Å². The molecule has 4 rings (SSSR count). The second-order valence-corrected chi connectivity index (χ2v) is 7.79. The number of pyridine rings is 1. The Labute approximate surface area is 184 Å². The van der Waals surface area contributed by atoms with Crippen LogP contribution in [0.15, 0.2) is 24.5 Å². The van der Waals surface area contributed by atoms with Crippen LogP contribution in [-0.2, 0) is 4.79 Å². The molecule has 27 heavy (non-hydrogen) atoms. The number of aromatic nitrogens is 1. The van der Waals surface area contributed by atoms with Crippen molar-refractivity contribution < 1.29 is 4.79 Å². The van der Waals surface area contributed by atoms with Gasteiger partial charge in [0.15, 0.2) is 0 Å². The Morgan fingerprint density at radius 2 is 1.78 bits per heavy atom. The molecule has 154 valence electrons. The van der Waals surface area contributed by atoms with E-state index in [2.05, 4.69) is 32.2 Å². The molecule has 6 nitrogen and oxygen atoms in total. The zero-order chi connectivity index (χ0) is 16.4. The minimum atomic E-state index is 0. The number of hydrogen-bond acceptors (Lipinski definition) is 6. The van der Waals surface area contributed by atoms with Crippen molar-refractivity contribution >= 4 is 60.6 Å². The zero-order valence-corrected chi connectivity index (χ0v) is 18.4. The van der Waals surface area contributed by atoms with E-state index in [0.717, 1.165) is 57.3 Å². The summed E-state index contributed by atoms with van der Waals surface area (Å²) < 4.78 is 0. The van der Waals surface area contributed by atoms with Crippen molar-refractivity contribution in [2.75, 3.05) is 55.8 Å². The molecule has 10 heteroatoms. The van der Waals surface area contributed by atoms with Gasteiger partial charge in [0.1, 0.15) is 0 Å². The molecule has 0 bridgehead atoms. The van der Waals surface area contributed by atoms with Crippen LogP contribution in [-0.4, -0.2) is 83.7 Å². The molecule has 3 saturated heterocycles. The maximum Gasteiger partial charge on any atom is 0.240 e. The first-order valence-electron chi connectivity index (χ1n) is 8.80. The molecular formula is C17H28Cl3N5OS. The van der Waals surface area contributed by atoms with E-state index in [9.17, 15) is 4.79 Å². The molecule has 0 spiro atoms. The highest BCUT2D eigenvalue weighted by Gasteiger charge is 2.36. The topological polar surface area (TPSA) is 51.7 Å². The quantitative estimate of drug-likeness (QED) is 0.748. The number of amides is 1. The van der Waals surface area contributed by atoms with Crippen molar-refractivity contribution in [3.63, 3.8) is 0 Å². The molecule has 2 atom stereocenters. The summed E-state index contributed by atoms with van der Waals surface area (Å²) in [5.74, 6) is 2.25. The summed E-state index contributed by atoms with van der Waals surface area (Å²) >= 11 is 1.85. The molecule has 0 unspecified atom stereocenters. The summed E-state index contributed by atoms with van der Waals surface area (Å²) in [5, 5.41) is 3.46. The molecule has 1 amide bonds. The molecule has 4 heterocycles. The van der Waals surface area contributed by atoms with E-state index in [1.54, 1.807) is 0 Å². The number of nitrogens with zero attached hydrogens (tertiary/aromatic N) is 4. The molecule has 1 N–H and O–H groups in total. The van der Waals surface area contributed by atoms with Gasteiger partial charge < -0.3 is 15.1 Å². The van der Waals surface area contributed by atoms with Crippen LogP contribution in [0.3, 0.4) is 0 Å². The van der Waals surface area contributed by atoms with E-state index >= 15 is 0 Å². The Morgan fingerprint density at radius 1 is 1.07 bits per heavy atom. The molecule has 0 aromatic carbocycles. The average Bonchev–Trinajstić information content (AvgIpc) is 3.34. The van der Waals surface area contributed by atoms with Crippen molar-refractivity contribution in [1.29, 1.82) is 0 Å². The van der Waals surface area contributed by atoms with Gasteiger partial charge in [-0.05, 0) is 18.6 Å². The molecule has 3 fully saturated rings. The van der Waals surface area contributed by atoms with Crippen molar-refractivity contribution in [2.45, 2.75) is 18.5 Å². The van der Waals surface area contributed by atoms with Gasteiger partial charge in [0.2, 0.25) is 5.91 Å². The Kier molecular flexibility index (Phi) is 10.5. The second-order valence-electron chi connectivity index (χ2n) is 6.72. The molecule has 0 aliphatic carbocycles. The van der Waals surface area contributed by atoms with E-state index < -0.39 is 0 Å². The maximum absolute atomic E-state index is 12.5. The summed E-state index contributed by atoms with van der Waals surface area (Å²) in [5.41, 5.74) is 1.26. The molecule has 1 aromatic heterocycles. The molecule has 3 aliphatic rings. The number of anilines is 1. The number of piperazine rings is 1. The third-order valence-corrected chi connectivity index (χ3v) is 6.29. The fourth-order valence-corrected chi connectivity index (χ4v) is 4.85. The van der Waals surface area contributed by atoms with Crippen LogP contribution in [0, 0.1) is 0 Å². The Balaban J connectivity index is 0.00000121. The van der Waals surface area contributed by atoms with Gasteiger partial charge in [-0.25, -0.2) is 0 Å². The van der Waals surface area contributed by atoms with Gasteiger partial charge in [-0.1, -0.05) is 0 Å². The number of rotatable bonds is 3. The van der Waals surface area contributed by atoms with Crippen molar-refractivity contribution in [3.05, 3.63) is 24.5 Å². The van der Waals surface area contributed by atoms with Crippen LogP contribution in [0.1, 0.15) is 6.42 Å². The Morgan fingerprint density at radius 3 is 2.41 bits per heavy atom. The zero-order valence-electron chi connectivity index (χ0n) is 15.2. The van der Waals surface area contributed by atoms with Gasteiger partial charge in [-0.2, -0.15) is 0 Å². The smallest absolute Gasteiger partial charge is 0.240 e. The predicted octanol–water partition coefficient (Wildman–Crippen LogP) is 1.73. The SMILES string of the molecule is Cl.Cl.Cl.O=C([C@@H]1C[C@H](N2CCN(c3ccncc3)CC2)CN1)N1CCSC1. The van der Waals surface area contributed by atoms with Crippen molar-refractivity contribution in [2.24, 2.45) is 0 Å². The summed E-state index contributed by atoms with van der Waals surface area (Å²) in [6.07, 6.45) is 4.67. The summed E-state index contributed by atoms with van der Waals surface area (Å²) in [4.78, 5) is 23.6. The minimum absolute atomic E-state index is 0. The summed E-state index contributed by atoms with van der Waals surface area (Å²) in [7, 11) is 0. The number of carbonyl (C=O) groups excluding carboxylic acids is 1. The monoisotopic (exact) mass is 455 g/mol. The van der Waals surface area contributed by atoms with Crippen LogP contribution in [0.4, 0.5) is 5.69 Å². The lowest BCUT2D eigenvalue weighted by Gasteiger charge is -2.38. The van der Waals surface area contributed by atoms with Gasteiger partial charge in [0.05, 0.1) is 11.9 Å². The van der Waals surface area contributed by atoms with Gasteiger partial charge in [-0.3, -0.25) is 14.7 Å². The van der Waals surface area contributed by atoms with Crippen molar-refractivity contribution in [1.82, 2.24) is 20.1 Å². The fraction of sp³-hybridized carbons (Fsp3) is 0.647. The number of hydrogen-bond donors (Lipinski definition) is 1. The van der Waals surface area contributed by atoms with E-state index in [4.69, 9.17) is 0 Å². The highest BCUT2D eigenvalue weighted by Crippen LogP contribution is 2.22. The molecule has 0 radical (unpaired) electrons. The normalized spacial score (nSPS) is 25.3. The Hall–Kier alpha value is -0.440. The number of thioether (sulfide) groups is 1. The first-order valence-corrected chi connectivity index (χ1v) is 9.96. The second kappa shape index (κ2) is 11.5.